The van der Waals surface area contributed by atoms with Crippen LogP contribution in [0.3, 0.4) is 0 Å². The molecule has 0 fully saturated rings. The minimum atomic E-state index is -0.377. The molecule has 0 aliphatic rings. The quantitative estimate of drug-likeness (QED) is 0.830. The highest BCUT2D eigenvalue weighted by atomic mass is 16.2. The van der Waals surface area contributed by atoms with E-state index < -0.39 is 0 Å². The zero-order chi connectivity index (χ0) is 13.6. The van der Waals surface area contributed by atoms with Crippen LogP contribution in [0.15, 0.2) is 24.5 Å². The summed E-state index contributed by atoms with van der Waals surface area (Å²) in [6.45, 7) is 5.14. The Kier molecular flexibility index (Phi) is 5.28. The maximum absolute atomic E-state index is 12.2. The second kappa shape index (κ2) is 6.50. The van der Waals surface area contributed by atoms with Crippen LogP contribution >= 0.6 is 0 Å². The highest BCUT2D eigenvalue weighted by Crippen LogP contribution is 2.22. The molecule has 1 heterocycles. The first kappa shape index (κ1) is 14.6. The third-order valence-electron chi connectivity index (χ3n) is 3.15. The fourth-order valence-electron chi connectivity index (χ4n) is 1.93. The minimum Gasteiger partial charge on any atom is -0.345 e. The summed E-state index contributed by atoms with van der Waals surface area (Å²) < 4.78 is 0. The van der Waals surface area contributed by atoms with E-state index >= 15 is 0 Å². The van der Waals surface area contributed by atoms with E-state index in [1.807, 2.05) is 39.2 Å². The SMILES string of the molecule is CN(CCc1cccnc1)C(=O)C(C)(C)CCN. The van der Waals surface area contributed by atoms with Crippen LogP contribution < -0.4 is 5.73 Å². The van der Waals surface area contributed by atoms with Crippen LogP contribution in [-0.4, -0.2) is 35.9 Å². The molecule has 0 saturated carbocycles. The molecule has 0 atom stereocenters. The van der Waals surface area contributed by atoms with Crippen molar-refractivity contribution in [2.45, 2.75) is 26.7 Å². The molecule has 0 spiro atoms. The molecule has 0 radical (unpaired) electrons. The maximum Gasteiger partial charge on any atom is 0.228 e. The van der Waals surface area contributed by atoms with Gasteiger partial charge in [-0.05, 0) is 31.0 Å². The lowest BCUT2D eigenvalue weighted by molar-refractivity contribution is -0.139. The molecule has 100 valence electrons. The third kappa shape index (κ3) is 4.11. The maximum atomic E-state index is 12.2. The van der Waals surface area contributed by atoms with E-state index in [9.17, 15) is 4.79 Å². The number of nitrogens with zero attached hydrogens (tertiary/aromatic N) is 2. The van der Waals surface area contributed by atoms with Crippen molar-refractivity contribution < 1.29 is 4.79 Å². The van der Waals surface area contributed by atoms with Crippen molar-refractivity contribution in [2.75, 3.05) is 20.1 Å². The number of hydrogen-bond acceptors (Lipinski definition) is 3. The molecular formula is C14H23N3O. The molecule has 0 aliphatic carbocycles. The molecule has 18 heavy (non-hydrogen) atoms. The number of likely N-dealkylation sites (N-methyl/N-ethyl adjacent to an activating group) is 1. The second-order valence-corrected chi connectivity index (χ2v) is 5.26. The average molecular weight is 249 g/mol. The Morgan fingerprint density at radius 1 is 1.50 bits per heavy atom. The standard InChI is InChI=1S/C14H23N3O/c1-14(2,7-8-15)13(18)17(3)10-6-12-5-4-9-16-11-12/h4-5,9,11H,6-8,10,15H2,1-3H3. The van der Waals surface area contributed by atoms with Gasteiger partial charge in [-0.3, -0.25) is 9.78 Å². The minimum absolute atomic E-state index is 0.150. The normalized spacial score (nSPS) is 11.3. The fourth-order valence-corrected chi connectivity index (χ4v) is 1.93. The number of aromatic nitrogens is 1. The van der Waals surface area contributed by atoms with Crippen LogP contribution in [0.4, 0.5) is 0 Å². The first-order valence-electron chi connectivity index (χ1n) is 6.32. The summed E-state index contributed by atoms with van der Waals surface area (Å²) in [5.74, 6) is 0.150. The third-order valence-corrected chi connectivity index (χ3v) is 3.15. The predicted octanol–water partition coefficient (Wildman–Crippen LogP) is 1.46. The van der Waals surface area contributed by atoms with Gasteiger partial charge in [0.2, 0.25) is 5.91 Å². The van der Waals surface area contributed by atoms with E-state index in [1.165, 1.54) is 0 Å². The van der Waals surface area contributed by atoms with Gasteiger partial charge in [-0.2, -0.15) is 0 Å². The molecule has 0 unspecified atom stereocenters. The van der Waals surface area contributed by atoms with E-state index in [0.29, 0.717) is 19.5 Å². The van der Waals surface area contributed by atoms with Gasteiger partial charge in [-0.1, -0.05) is 19.9 Å². The zero-order valence-electron chi connectivity index (χ0n) is 11.5. The van der Waals surface area contributed by atoms with E-state index in [-0.39, 0.29) is 11.3 Å². The topological polar surface area (TPSA) is 59.2 Å². The zero-order valence-corrected chi connectivity index (χ0v) is 11.5. The number of pyridine rings is 1. The van der Waals surface area contributed by atoms with Gasteiger partial charge >= 0.3 is 0 Å². The average Bonchev–Trinajstić information content (AvgIpc) is 2.36. The summed E-state index contributed by atoms with van der Waals surface area (Å²) in [6.07, 6.45) is 5.13. The molecule has 1 aromatic heterocycles. The van der Waals surface area contributed by atoms with E-state index in [0.717, 1.165) is 12.0 Å². The largest absolute Gasteiger partial charge is 0.345 e. The highest BCUT2D eigenvalue weighted by molar-refractivity contribution is 5.81. The summed E-state index contributed by atoms with van der Waals surface area (Å²) in [5, 5.41) is 0. The lowest BCUT2D eigenvalue weighted by Gasteiger charge is -2.29. The molecule has 4 heteroatoms. The summed E-state index contributed by atoms with van der Waals surface area (Å²) >= 11 is 0. The van der Waals surface area contributed by atoms with Crippen molar-refractivity contribution >= 4 is 5.91 Å². The highest BCUT2D eigenvalue weighted by Gasteiger charge is 2.29. The first-order valence-corrected chi connectivity index (χ1v) is 6.32. The molecule has 0 aliphatic heterocycles. The van der Waals surface area contributed by atoms with Gasteiger partial charge in [0, 0.05) is 31.4 Å². The van der Waals surface area contributed by atoms with Crippen LogP contribution in [0.5, 0.6) is 0 Å². The molecule has 4 nitrogen and oxygen atoms in total. The lowest BCUT2D eigenvalue weighted by Crippen LogP contribution is -2.40. The molecule has 0 bridgehead atoms. The Bertz CT molecular complexity index is 376. The Morgan fingerprint density at radius 3 is 2.78 bits per heavy atom. The molecule has 1 aromatic rings. The summed E-state index contributed by atoms with van der Waals surface area (Å²) in [5.41, 5.74) is 6.31. The van der Waals surface area contributed by atoms with Crippen molar-refractivity contribution in [1.82, 2.24) is 9.88 Å². The van der Waals surface area contributed by atoms with E-state index in [4.69, 9.17) is 5.73 Å². The fraction of sp³-hybridized carbons (Fsp3) is 0.571. The van der Waals surface area contributed by atoms with Crippen LogP contribution in [-0.2, 0) is 11.2 Å². The Labute approximate surface area is 109 Å². The molecule has 1 amide bonds. The van der Waals surface area contributed by atoms with E-state index in [2.05, 4.69) is 4.98 Å². The van der Waals surface area contributed by atoms with E-state index in [1.54, 1.807) is 11.1 Å². The van der Waals surface area contributed by atoms with Crippen molar-refractivity contribution in [2.24, 2.45) is 11.1 Å². The number of carbonyl (C=O) groups is 1. The molecule has 0 aromatic carbocycles. The van der Waals surface area contributed by atoms with Crippen molar-refractivity contribution in [3.05, 3.63) is 30.1 Å². The molecule has 0 saturated heterocycles. The second-order valence-electron chi connectivity index (χ2n) is 5.26. The number of nitrogens with two attached hydrogens (primary N) is 1. The van der Waals surface area contributed by atoms with Crippen LogP contribution in [0.25, 0.3) is 0 Å². The summed E-state index contributed by atoms with van der Waals surface area (Å²) in [4.78, 5) is 18.1. The van der Waals surface area contributed by atoms with Gasteiger partial charge in [0.25, 0.3) is 0 Å². The number of rotatable bonds is 6. The Balaban J connectivity index is 2.50. The van der Waals surface area contributed by atoms with Gasteiger partial charge in [0.15, 0.2) is 0 Å². The van der Waals surface area contributed by atoms with Gasteiger partial charge in [-0.15, -0.1) is 0 Å². The Hall–Kier alpha value is -1.42. The molecule has 1 rings (SSSR count). The number of amides is 1. The van der Waals surface area contributed by atoms with Gasteiger partial charge in [0.1, 0.15) is 0 Å². The van der Waals surface area contributed by atoms with Gasteiger partial charge in [-0.25, -0.2) is 0 Å². The van der Waals surface area contributed by atoms with Crippen LogP contribution in [0.2, 0.25) is 0 Å². The summed E-state index contributed by atoms with van der Waals surface area (Å²) in [6, 6.07) is 3.94. The molecular weight excluding hydrogens is 226 g/mol. The lowest BCUT2D eigenvalue weighted by atomic mass is 9.87. The number of carbonyl (C=O) groups excluding carboxylic acids is 1. The Morgan fingerprint density at radius 2 is 2.22 bits per heavy atom. The monoisotopic (exact) mass is 249 g/mol. The van der Waals surface area contributed by atoms with Gasteiger partial charge < -0.3 is 10.6 Å². The van der Waals surface area contributed by atoms with Crippen molar-refractivity contribution in [3.63, 3.8) is 0 Å². The van der Waals surface area contributed by atoms with Crippen LogP contribution in [0.1, 0.15) is 25.8 Å². The predicted molar refractivity (Wildman–Crippen MR) is 73.0 cm³/mol. The van der Waals surface area contributed by atoms with Crippen molar-refractivity contribution in [3.8, 4) is 0 Å². The number of hydrogen-bond donors (Lipinski definition) is 1. The summed E-state index contributed by atoms with van der Waals surface area (Å²) in [7, 11) is 1.84. The van der Waals surface area contributed by atoms with Gasteiger partial charge in [0.05, 0.1) is 0 Å². The molecule has 2 N–H and O–H groups in total. The van der Waals surface area contributed by atoms with Crippen molar-refractivity contribution in [1.29, 1.82) is 0 Å². The first-order chi connectivity index (χ1) is 8.47. The smallest absolute Gasteiger partial charge is 0.228 e. The van der Waals surface area contributed by atoms with Crippen LogP contribution in [0, 0.1) is 5.41 Å².